The second kappa shape index (κ2) is 16.0. The first-order chi connectivity index (χ1) is 26.8. The summed E-state index contributed by atoms with van der Waals surface area (Å²) in [5, 5.41) is 5.38. The van der Waals surface area contributed by atoms with Crippen molar-refractivity contribution in [3.05, 3.63) is 89.2 Å². The lowest BCUT2D eigenvalue weighted by Gasteiger charge is -2.54. The van der Waals surface area contributed by atoms with Gasteiger partial charge in [0, 0.05) is 31.6 Å². The highest BCUT2D eigenvalue weighted by molar-refractivity contribution is 7.91. The third-order valence-electron chi connectivity index (χ3n) is 12.5. The summed E-state index contributed by atoms with van der Waals surface area (Å²) in [7, 11) is -1.64. The van der Waals surface area contributed by atoms with E-state index in [0.29, 0.717) is 13.1 Å². The van der Waals surface area contributed by atoms with Gasteiger partial charge in [0.1, 0.15) is 17.5 Å². The van der Waals surface area contributed by atoms with Crippen LogP contribution >= 0.6 is 0 Å². The number of sulfone groups is 1. The van der Waals surface area contributed by atoms with Crippen LogP contribution in [0.4, 0.5) is 28.0 Å². The molecule has 7 rings (SSSR count). The number of hydrogen-bond donors (Lipinski definition) is 2. The van der Waals surface area contributed by atoms with Crippen molar-refractivity contribution in [2.75, 3.05) is 71.4 Å². The Morgan fingerprint density at radius 1 is 0.875 bits per heavy atom. The van der Waals surface area contributed by atoms with E-state index in [1.165, 1.54) is 37.3 Å². The fraction of sp³-hybridized carbons (Fsp3) is 0.512. The minimum atomic E-state index is -4.32. The van der Waals surface area contributed by atoms with Crippen LogP contribution < -0.4 is 15.5 Å². The van der Waals surface area contributed by atoms with E-state index in [1.54, 1.807) is 12.1 Å². The minimum absolute atomic E-state index is 0.0558. The highest BCUT2D eigenvalue weighted by Gasteiger charge is 2.54. The number of alkyl carbamates (subject to hydrolysis) is 1. The Labute approximate surface area is 325 Å². The molecule has 56 heavy (non-hydrogen) atoms. The average Bonchev–Trinajstić information content (AvgIpc) is 3.61. The van der Waals surface area contributed by atoms with Crippen LogP contribution in [0.1, 0.15) is 54.4 Å². The summed E-state index contributed by atoms with van der Waals surface area (Å²) in [6.07, 6.45) is 4.78. The number of anilines is 1. The molecule has 0 bridgehead atoms. The zero-order chi connectivity index (χ0) is 39.8. The van der Waals surface area contributed by atoms with E-state index in [0.717, 1.165) is 88.0 Å². The van der Waals surface area contributed by atoms with Gasteiger partial charge in [0.15, 0.2) is 5.67 Å². The maximum absolute atomic E-state index is 16.3. The number of benzene rings is 3. The fourth-order valence-electron chi connectivity index (χ4n) is 9.68. The topological polar surface area (TPSA) is 111 Å². The highest BCUT2D eigenvalue weighted by Crippen LogP contribution is 2.52. The first kappa shape index (κ1) is 40.0. The second-order valence-electron chi connectivity index (χ2n) is 15.9. The molecule has 3 aromatic rings. The van der Waals surface area contributed by atoms with Gasteiger partial charge in [-0.1, -0.05) is 18.6 Å². The van der Waals surface area contributed by atoms with E-state index < -0.39 is 54.3 Å². The maximum atomic E-state index is 16.3. The zero-order valence-corrected chi connectivity index (χ0v) is 32.5. The van der Waals surface area contributed by atoms with Crippen LogP contribution in [0.2, 0.25) is 0 Å². The number of carbonyl (C=O) groups excluding carboxylic acids is 2. The number of nitrogens with one attached hydrogen (secondary N) is 2. The van der Waals surface area contributed by atoms with Crippen molar-refractivity contribution in [1.29, 1.82) is 0 Å². The lowest BCUT2D eigenvalue weighted by molar-refractivity contribution is 0.00575. The van der Waals surface area contributed by atoms with E-state index in [2.05, 4.69) is 20.4 Å². The molecule has 2 N–H and O–H groups in total. The predicted octanol–water partition coefficient (Wildman–Crippen LogP) is 5.71. The van der Waals surface area contributed by atoms with Crippen molar-refractivity contribution in [3.63, 3.8) is 0 Å². The number of hydrogen-bond acceptors (Lipinski definition) is 8. The zero-order valence-electron chi connectivity index (χ0n) is 31.7. The van der Waals surface area contributed by atoms with Gasteiger partial charge in [-0.3, -0.25) is 9.69 Å². The first-order valence-electron chi connectivity index (χ1n) is 19.3. The van der Waals surface area contributed by atoms with Gasteiger partial charge in [0.05, 0.1) is 41.2 Å². The molecular weight excluding hydrogens is 751 g/mol. The van der Waals surface area contributed by atoms with Crippen LogP contribution in [0.3, 0.4) is 0 Å². The Bertz CT molecular complexity index is 2050. The summed E-state index contributed by atoms with van der Waals surface area (Å²) in [6, 6.07) is 13.0. The third kappa shape index (κ3) is 7.73. The van der Waals surface area contributed by atoms with E-state index in [9.17, 15) is 26.8 Å². The Balaban J connectivity index is 1.03. The van der Waals surface area contributed by atoms with E-state index in [-0.39, 0.29) is 54.6 Å². The molecule has 302 valence electrons. The Hall–Kier alpha value is -4.21. The Morgan fingerprint density at radius 2 is 1.57 bits per heavy atom. The van der Waals surface area contributed by atoms with Crippen molar-refractivity contribution in [2.45, 2.75) is 65.4 Å². The van der Waals surface area contributed by atoms with Gasteiger partial charge in [-0.05, 0) is 124 Å². The molecule has 0 spiro atoms. The SMILES string of the molecule is CNC(=O)c1ccc(S(=O)(=O)c2ccc(N3CC(F)(CN4CCC(C(CN5CCC5)(c5cccc(F)c5)[C@H]5CCC[C@@H]5NC(=O)OC)CC4)C3)c(F)c2)cc1F. The number of ether oxygens (including phenoxy) is 1. The van der Waals surface area contributed by atoms with Gasteiger partial charge >= 0.3 is 6.09 Å². The van der Waals surface area contributed by atoms with Crippen LogP contribution in [-0.4, -0.2) is 108 Å². The number of amides is 2. The molecule has 4 fully saturated rings. The van der Waals surface area contributed by atoms with Crippen molar-refractivity contribution in [1.82, 2.24) is 20.4 Å². The van der Waals surface area contributed by atoms with Gasteiger partial charge in [0.25, 0.3) is 5.91 Å². The maximum Gasteiger partial charge on any atom is 0.407 e. The fourth-order valence-corrected chi connectivity index (χ4v) is 11.0. The van der Waals surface area contributed by atoms with E-state index >= 15 is 8.78 Å². The highest BCUT2D eigenvalue weighted by atomic mass is 32.2. The third-order valence-corrected chi connectivity index (χ3v) is 14.3. The molecule has 3 aromatic carbocycles. The van der Waals surface area contributed by atoms with Gasteiger partial charge in [-0.15, -0.1) is 0 Å². The van der Waals surface area contributed by atoms with Gasteiger partial charge in [0.2, 0.25) is 9.84 Å². The van der Waals surface area contributed by atoms with Crippen molar-refractivity contribution in [3.8, 4) is 0 Å². The summed E-state index contributed by atoms with van der Waals surface area (Å²) in [5.74, 6) is -2.68. The first-order valence-corrected chi connectivity index (χ1v) is 20.8. The molecule has 1 aliphatic carbocycles. The number of methoxy groups -OCH3 is 1. The normalized spacial score (nSPS) is 22.8. The number of piperidine rings is 1. The number of carbonyl (C=O) groups is 2. The predicted molar refractivity (Wildman–Crippen MR) is 203 cm³/mol. The summed E-state index contributed by atoms with van der Waals surface area (Å²) < 4.78 is 92.7. The van der Waals surface area contributed by atoms with E-state index in [1.807, 2.05) is 6.07 Å². The smallest absolute Gasteiger partial charge is 0.407 e. The molecule has 15 heteroatoms. The Kier molecular flexibility index (Phi) is 11.4. The summed E-state index contributed by atoms with van der Waals surface area (Å²) in [4.78, 5) is 29.6. The van der Waals surface area contributed by atoms with Crippen LogP contribution in [0.25, 0.3) is 0 Å². The van der Waals surface area contributed by atoms with E-state index in [4.69, 9.17) is 4.74 Å². The molecule has 1 unspecified atom stereocenters. The lowest BCUT2D eigenvalue weighted by Crippen LogP contribution is -2.65. The summed E-state index contributed by atoms with van der Waals surface area (Å²) in [5.41, 5.74) is -1.38. The van der Waals surface area contributed by atoms with Crippen LogP contribution in [0.15, 0.2) is 70.5 Å². The molecule has 4 aliphatic rings. The molecule has 0 aromatic heterocycles. The van der Waals surface area contributed by atoms with Gasteiger partial charge < -0.3 is 25.2 Å². The quantitative estimate of drug-likeness (QED) is 0.225. The summed E-state index contributed by atoms with van der Waals surface area (Å²) in [6.45, 7) is 3.93. The average molecular weight is 800 g/mol. The van der Waals surface area contributed by atoms with Crippen molar-refractivity contribution >= 4 is 27.5 Å². The second-order valence-corrected chi connectivity index (χ2v) is 17.8. The molecule has 10 nitrogen and oxygen atoms in total. The molecule has 1 saturated carbocycles. The molecule has 3 aliphatic heterocycles. The standard InChI is InChI=1S/C41H49F4N5O5S/c1-46-38(51)32-12-10-30(21-34(32)43)56(53,54)31-11-13-37(35(44)22-31)50-24-40(45,25-50)23-49-18-14-27(15-19-49)41(26-48-16-5-17-48,28-6-3-7-29(42)20-28)33-8-4-9-36(33)47-39(52)55-2/h3,6-7,10-13,20-22,27,33,36H,4-5,8-9,14-19,23-26H2,1-2H3,(H,46,51)(H,47,52)/t33-,36-,41?/m0/s1. The monoisotopic (exact) mass is 799 g/mol. The molecule has 3 heterocycles. The largest absolute Gasteiger partial charge is 0.453 e. The number of rotatable bonds is 12. The van der Waals surface area contributed by atoms with Crippen LogP contribution in [-0.2, 0) is 20.0 Å². The van der Waals surface area contributed by atoms with Crippen LogP contribution in [0, 0.1) is 29.3 Å². The van der Waals surface area contributed by atoms with Crippen LogP contribution in [0.5, 0.6) is 0 Å². The number of nitrogens with zero attached hydrogens (tertiary/aromatic N) is 3. The molecular formula is C41H49F4N5O5S. The summed E-state index contributed by atoms with van der Waals surface area (Å²) >= 11 is 0. The molecule has 3 saturated heterocycles. The van der Waals surface area contributed by atoms with Gasteiger partial charge in [-0.2, -0.15) is 0 Å². The Morgan fingerprint density at radius 3 is 2.18 bits per heavy atom. The number of likely N-dealkylation sites (tertiary alicyclic amines) is 2. The molecule has 2 amide bonds. The van der Waals surface area contributed by atoms with Crippen molar-refractivity contribution < 1.29 is 40.3 Å². The number of alkyl halides is 1. The van der Waals surface area contributed by atoms with Crippen molar-refractivity contribution in [2.24, 2.45) is 11.8 Å². The minimum Gasteiger partial charge on any atom is -0.453 e. The lowest BCUT2D eigenvalue weighted by atomic mass is 9.57. The molecule has 3 atom stereocenters. The number of halogens is 4. The van der Waals surface area contributed by atoms with Gasteiger partial charge in [-0.25, -0.2) is 30.8 Å². The molecule has 0 radical (unpaired) electrons.